The molecule has 0 aliphatic rings. The lowest BCUT2D eigenvalue weighted by molar-refractivity contribution is 0.0806. The van der Waals surface area contributed by atoms with Gasteiger partial charge < -0.3 is 15.5 Å². The Morgan fingerprint density at radius 3 is 1.83 bits per heavy atom. The second-order valence-electron chi connectivity index (χ2n) is 6.31. The second-order valence-corrected chi connectivity index (χ2v) is 6.31. The van der Waals surface area contributed by atoms with E-state index in [2.05, 4.69) is 38.2 Å². The van der Waals surface area contributed by atoms with Crippen LogP contribution in [-0.4, -0.2) is 30.0 Å². The van der Waals surface area contributed by atoms with Crippen LogP contribution in [0, 0.1) is 5.41 Å². The van der Waals surface area contributed by atoms with Crippen molar-refractivity contribution in [2.24, 2.45) is 5.41 Å². The molecule has 0 aromatic heterocycles. The zero-order chi connectivity index (χ0) is 13.8. The predicted molar refractivity (Wildman–Crippen MR) is 75.9 cm³/mol. The first-order chi connectivity index (χ1) is 8.30. The summed E-state index contributed by atoms with van der Waals surface area (Å²) in [5.41, 5.74) is 1.97. The Hall–Kier alpha value is -1.06. The van der Waals surface area contributed by atoms with Gasteiger partial charge in [0.05, 0.1) is 13.2 Å². The van der Waals surface area contributed by atoms with Crippen molar-refractivity contribution in [2.75, 3.05) is 25.1 Å². The van der Waals surface area contributed by atoms with E-state index in [1.165, 1.54) is 5.56 Å². The molecular formula is C15H25NO2. The molecule has 0 fully saturated rings. The molecule has 3 N–H and O–H groups in total. The number of benzene rings is 1. The van der Waals surface area contributed by atoms with Gasteiger partial charge in [-0.1, -0.05) is 39.8 Å². The van der Waals surface area contributed by atoms with Crippen molar-refractivity contribution in [3.63, 3.8) is 0 Å². The van der Waals surface area contributed by atoms with E-state index >= 15 is 0 Å². The van der Waals surface area contributed by atoms with E-state index in [1.807, 2.05) is 19.1 Å². The van der Waals surface area contributed by atoms with E-state index in [-0.39, 0.29) is 18.6 Å². The van der Waals surface area contributed by atoms with Crippen LogP contribution in [0.1, 0.15) is 33.3 Å². The zero-order valence-electron chi connectivity index (χ0n) is 11.8. The first kappa shape index (κ1) is 15.0. The third kappa shape index (κ3) is 4.00. The van der Waals surface area contributed by atoms with Gasteiger partial charge in [0.25, 0.3) is 0 Å². The summed E-state index contributed by atoms with van der Waals surface area (Å²) in [6.07, 6.45) is 0. The lowest BCUT2D eigenvalue weighted by Gasteiger charge is -2.25. The molecule has 1 aromatic rings. The van der Waals surface area contributed by atoms with Gasteiger partial charge in [-0.2, -0.15) is 0 Å². The van der Waals surface area contributed by atoms with Crippen molar-refractivity contribution >= 4 is 5.69 Å². The van der Waals surface area contributed by atoms with Gasteiger partial charge in [0.2, 0.25) is 0 Å². The van der Waals surface area contributed by atoms with Crippen molar-refractivity contribution in [1.82, 2.24) is 0 Å². The molecule has 1 rings (SSSR count). The van der Waals surface area contributed by atoms with Crippen LogP contribution in [0.5, 0.6) is 0 Å². The fourth-order valence-electron chi connectivity index (χ4n) is 1.57. The molecule has 0 radical (unpaired) electrons. The van der Waals surface area contributed by atoms with Gasteiger partial charge in [0, 0.05) is 17.6 Å². The number of nitrogens with one attached hydrogen (secondary N) is 1. The van der Waals surface area contributed by atoms with Crippen LogP contribution < -0.4 is 5.32 Å². The third-order valence-corrected chi connectivity index (χ3v) is 3.23. The van der Waals surface area contributed by atoms with Crippen molar-refractivity contribution in [3.05, 3.63) is 29.8 Å². The lowest BCUT2D eigenvalue weighted by Crippen LogP contribution is -2.34. The summed E-state index contributed by atoms with van der Waals surface area (Å²) in [4.78, 5) is 0. The first-order valence-corrected chi connectivity index (χ1v) is 6.37. The van der Waals surface area contributed by atoms with Gasteiger partial charge in [-0.15, -0.1) is 0 Å². The number of rotatable bonds is 5. The average molecular weight is 251 g/mol. The van der Waals surface area contributed by atoms with Crippen LogP contribution in [0.15, 0.2) is 24.3 Å². The van der Waals surface area contributed by atoms with Crippen LogP contribution in [0.3, 0.4) is 0 Å². The Balaban J connectivity index is 2.65. The monoisotopic (exact) mass is 251 g/mol. The molecule has 0 aliphatic heterocycles. The number of hydrogen-bond acceptors (Lipinski definition) is 3. The number of hydrogen-bond donors (Lipinski definition) is 3. The highest BCUT2D eigenvalue weighted by atomic mass is 16.3. The van der Waals surface area contributed by atoms with E-state index in [0.29, 0.717) is 6.54 Å². The fourth-order valence-corrected chi connectivity index (χ4v) is 1.57. The summed E-state index contributed by atoms with van der Waals surface area (Å²) in [5.74, 6) is 0. The summed E-state index contributed by atoms with van der Waals surface area (Å²) in [5, 5.41) is 21.7. The molecule has 1 aromatic carbocycles. The largest absolute Gasteiger partial charge is 0.396 e. The van der Waals surface area contributed by atoms with Crippen molar-refractivity contribution in [3.8, 4) is 0 Å². The molecule has 0 saturated heterocycles. The molecule has 0 bridgehead atoms. The van der Waals surface area contributed by atoms with Crippen LogP contribution in [-0.2, 0) is 5.41 Å². The van der Waals surface area contributed by atoms with Gasteiger partial charge >= 0.3 is 0 Å². The van der Waals surface area contributed by atoms with Gasteiger partial charge in [-0.3, -0.25) is 0 Å². The van der Waals surface area contributed by atoms with Gasteiger partial charge in [0.15, 0.2) is 0 Å². The lowest BCUT2D eigenvalue weighted by atomic mass is 9.87. The SMILES string of the molecule is CC(CO)(CO)CNc1ccc(C(C)(C)C)cc1. The summed E-state index contributed by atoms with van der Waals surface area (Å²) in [7, 11) is 0. The van der Waals surface area contributed by atoms with Crippen LogP contribution in [0.2, 0.25) is 0 Å². The number of aliphatic hydroxyl groups excluding tert-OH is 2. The zero-order valence-corrected chi connectivity index (χ0v) is 11.8. The van der Waals surface area contributed by atoms with Crippen LogP contribution in [0.4, 0.5) is 5.69 Å². The van der Waals surface area contributed by atoms with Crippen molar-refractivity contribution in [2.45, 2.75) is 33.1 Å². The molecule has 3 heteroatoms. The van der Waals surface area contributed by atoms with Crippen LogP contribution >= 0.6 is 0 Å². The van der Waals surface area contributed by atoms with Gasteiger partial charge in [-0.25, -0.2) is 0 Å². The normalized spacial score (nSPS) is 12.6. The number of anilines is 1. The van der Waals surface area contributed by atoms with E-state index < -0.39 is 5.41 Å². The quantitative estimate of drug-likeness (QED) is 0.753. The number of aliphatic hydroxyl groups is 2. The summed E-state index contributed by atoms with van der Waals surface area (Å²) in [6.45, 7) is 8.89. The molecule has 0 spiro atoms. The highest BCUT2D eigenvalue weighted by molar-refractivity contribution is 5.46. The summed E-state index contributed by atoms with van der Waals surface area (Å²) >= 11 is 0. The molecule has 18 heavy (non-hydrogen) atoms. The highest BCUT2D eigenvalue weighted by Crippen LogP contribution is 2.24. The molecular weight excluding hydrogens is 226 g/mol. The molecule has 0 saturated carbocycles. The third-order valence-electron chi connectivity index (χ3n) is 3.23. The molecule has 3 nitrogen and oxygen atoms in total. The first-order valence-electron chi connectivity index (χ1n) is 6.37. The van der Waals surface area contributed by atoms with E-state index in [0.717, 1.165) is 5.69 Å². The maximum atomic E-state index is 9.21. The minimum absolute atomic E-state index is 0.0312. The summed E-state index contributed by atoms with van der Waals surface area (Å²) < 4.78 is 0. The second kappa shape index (κ2) is 5.72. The minimum Gasteiger partial charge on any atom is -0.396 e. The maximum absolute atomic E-state index is 9.21. The molecule has 0 unspecified atom stereocenters. The predicted octanol–water partition coefficient (Wildman–Crippen LogP) is 2.39. The molecule has 0 aliphatic carbocycles. The molecule has 0 heterocycles. The Labute approximate surface area is 110 Å². The Bertz CT molecular complexity index is 361. The smallest absolute Gasteiger partial charge is 0.0523 e. The van der Waals surface area contributed by atoms with E-state index in [4.69, 9.17) is 0 Å². The Morgan fingerprint density at radius 1 is 0.944 bits per heavy atom. The minimum atomic E-state index is -0.483. The topological polar surface area (TPSA) is 52.5 Å². The average Bonchev–Trinajstić information content (AvgIpc) is 2.35. The standard InChI is InChI=1S/C15H25NO2/c1-14(2,3)12-5-7-13(8-6-12)16-9-15(4,10-17)11-18/h5-8,16-18H,9-11H2,1-4H3. The Morgan fingerprint density at radius 2 is 1.44 bits per heavy atom. The van der Waals surface area contributed by atoms with Gasteiger partial charge in [-0.05, 0) is 23.1 Å². The van der Waals surface area contributed by atoms with Crippen molar-refractivity contribution in [1.29, 1.82) is 0 Å². The van der Waals surface area contributed by atoms with E-state index in [1.54, 1.807) is 0 Å². The van der Waals surface area contributed by atoms with E-state index in [9.17, 15) is 10.2 Å². The molecule has 0 amide bonds. The fraction of sp³-hybridized carbons (Fsp3) is 0.600. The maximum Gasteiger partial charge on any atom is 0.0523 e. The summed E-state index contributed by atoms with van der Waals surface area (Å²) in [6, 6.07) is 8.29. The highest BCUT2D eigenvalue weighted by Gasteiger charge is 2.22. The molecule has 0 atom stereocenters. The van der Waals surface area contributed by atoms with Crippen LogP contribution in [0.25, 0.3) is 0 Å². The van der Waals surface area contributed by atoms with Gasteiger partial charge in [0.1, 0.15) is 0 Å². The molecule has 102 valence electrons. The van der Waals surface area contributed by atoms with Crippen molar-refractivity contribution < 1.29 is 10.2 Å². The Kier molecular flexibility index (Phi) is 4.77.